The van der Waals surface area contributed by atoms with Crippen molar-refractivity contribution in [2.24, 2.45) is 0 Å². The molecule has 1 aromatic heterocycles. The van der Waals surface area contributed by atoms with E-state index in [0.717, 1.165) is 22.7 Å². The molecule has 0 bridgehead atoms. The first-order valence-corrected chi connectivity index (χ1v) is 20.5. The van der Waals surface area contributed by atoms with Crippen molar-refractivity contribution < 1.29 is 0 Å². The molecule has 2 aliphatic carbocycles. The van der Waals surface area contributed by atoms with Gasteiger partial charge in [0, 0.05) is 33.2 Å². The third-order valence-electron chi connectivity index (χ3n) is 13.2. The van der Waals surface area contributed by atoms with E-state index in [9.17, 15) is 0 Å². The summed E-state index contributed by atoms with van der Waals surface area (Å²) in [5.74, 6) is 0. The molecule has 10 aromatic carbocycles. The van der Waals surface area contributed by atoms with Gasteiger partial charge in [0.25, 0.3) is 0 Å². The molecular weight excluding hydrogens is 713 g/mol. The van der Waals surface area contributed by atoms with Gasteiger partial charge in [-0.3, -0.25) is 0 Å². The van der Waals surface area contributed by atoms with E-state index < -0.39 is 5.41 Å². The fourth-order valence-electron chi connectivity index (χ4n) is 10.8. The predicted molar refractivity (Wildman–Crippen MR) is 247 cm³/mol. The highest BCUT2D eigenvalue weighted by Crippen LogP contribution is 2.63. The Labute approximate surface area is 342 Å². The summed E-state index contributed by atoms with van der Waals surface area (Å²) in [5.41, 5.74) is 17.0. The van der Waals surface area contributed by atoms with Gasteiger partial charge in [-0.25, -0.2) is 0 Å². The lowest BCUT2D eigenvalue weighted by Gasteiger charge is -2.32. The Morgan fingerprint density at radius 3 is 1.54 bits per heavy atom. The van der Waals surface area contributed by atoms with Crippen LogP contribution in [0.3, 0.4) is 0 Å². The molecule has 2 aliphatic rings. The number of para-hydroxylation sites is 2. The number of nitrogens with zero attached hydrogens (tertiary/aromatic N) is 2. The van der Waals surface area contributed by atoms with Crippen LogP contribution in [0.25, 0.3) is 71.3 Å². The molecule has 1 heterocycles. The number of hydrogen-bond acceptors (Lipinski definition) is 1. The van der Waals surface area contributed by atoms with Gasteiger partial charge < -0.3 is 9.47 Å². The molecule has 13 rings (SSSR count). The Bertz CT molecular complexity index is 3450. The molecule has 0 amide bonds. The molecule has 0 radical (unpaired) electrons. The Morgan fingerprint density at radius 2 is 0.831 bits per heavy atom. The van der Waals surface area contributed by atoms with Crippen LogP contribution in [0.1, 0.15) is 22.3 Å². The summed E-state index contributed by atoms with van der Waals surface area (Å²) in [7, 11) is 0. The molecule has 11 aromatic rings. The van der Waals surface area contributed by atoms with Crippen LogP contribution < -0.4 is 4.90 Å². The van der Waals surface area contributed by atoms with Gasteiger partial charge in [0.05, 0.1) is 22.1 Å². The fraction of sp³-hybridized carbons (Fsp3) is 0.0175. The van der Waals surface area contributed by atoms with Crippen molar-refractivity contribution in [3.63, 3.8) is 0 Å². The molecule has 59 heavy (non-hydrogen) atoms. The van der Waals surface area contributed by atoms with Gasteiger partial charge >= 0.3 is 0 Å². The van der Waals surface area contributed by atoms with Crippen molar-refractivity contribution in [1.29, 1.82) is 0 Å². The molecule has 0 aliphatic heterocycles. The fourth-order valence-corrected chi connectivity index (χ4v) is 10.8. The lowest BCUT2D eigenvalue weighted by molar-refractivity contribution is 0.793. The maximum atomic E-state index is 2.52. The van der Waals surface area contributed by atoms with Crippen LogP contribution in [0.2, 0.25) is 0 Å². The largest absolute Gasteiger partial charge is 0.310 e. The van der Waals surface area contributed by atoms with E-state index in [4.69, 9.17) is 0 Å². The topological polar surface area (TPSA) is 8.17 Å². The monoisotopic (exact) mass is 748 g/mol. The molecule has 2 heteroatoms. The summed E-state index contributed by atoms with van der Waals surface area (Å²) in [4.78, 5) is 2.52. The van der Waals surface area contributed by atoms with E-state index in [2.05, 4.69) is 228 Å². The standard InChI is InChI=1S/C57H36N2/c1-2-17-38(18-3-1)59-54-29-15-11-25-48(54)49-33-31-40(36-56(49)59)58(55-34-37-16-4-5-19-41(37)42-20-6-7-24-47(42)55)39-30-32-46-45-23-10-14-28-52(45)57(53(46)35-39)50-26-12-8-21-43(50)44-22-9-13-27-51(44)57/h1-36H. The average molecular weight is 749 g/mol. The lowest BCUT2D eigenvalue weighted by atomic mass is 9.70. The smallest absolute Gasteiger partial charge is 0.0726 e. The Balaban J connectivity index is 1.14. The molecule has 0 unspecified atom stereocenters. The van der Waals surface area contributed by atoms with Crippen LogP contribution in [-0.2, 0) is 5.41 Å². The van der Waals surface area contributed by atoms with E-state index in [1.165, 1.54) is 87.9 Å². The van der Waals surface area contributed by atoms with Crippen molar-refractivity contribution in [2.45, 2.75) is 5.41 Å². The van der Waals surface area contributed by atoms with Crippen molar-refractivity contribution in [1.82, 2.24) is 4.57 Å². The van der Waals surface area contributed by atoms with Crippen LogP contribution in [-0.4, -0.2) is 4.57 Å². The normalized spacial score (nSPS) is 13.2. The van der Waals surface area contributed by atoms with Crippen molar-refractivity contribution in [3.8, 4) is 27.9 Å². The zero-order chi connectivity index (χ0) is 38.7. The minimum atomic E-state index is -0.448. The maximum absolute atomic E-state index is 2.52. The first kappa shape index (κ1) is 32.4. The van der Waals surface area contributed by atoms with Gasteiger partial charge in [-0.2, -0.15) is 0 Å². The average Bonchev–Trinajstić information content (AvgIpc) is 3.91. The van der Waals surface area contributed by atoms with Crippen molar-refractivity contribution in [3.05, 3.63) is 241 Å². The highest BCUT2D eigenvalue weighted by Gasteiger charge is 2.51. The molecule has 0 N–H and O–H groups in total. The highest BCUT2D eigenvalue weighted by atomic mass is 15.1. The quantitative estimate of drug-likeness (QED) is 0.163. The number of benzene rings is 10. The maximum Gasteiger partial charge on any atom is 0.0726 e. The van der Waals surface area contributed by atoms with Crippen LogP contribution >= 0.6 is 0 Å². The number of hydrogen-bond donors (Lipinski definition) is 0. The van der Waals surface area contributed by atoms with Gasteiger partial charge in [-0.15, -0.1) is 0 Å². The Hall–Kier alpha value is -7.68. The summed E-state index contributed by atoms with van der Waals surface area (Å²) in [6.45, 7) is 0. The molecule has 0 saturated carbocycles. The van der Waals surface area contributed by atoms with Crippen LogP contribution in [0.15, 0.2) is 218 Å². The summed E-state index contributed by atoms with van der Waals surface area (Å²) >= 11 is 0. The van der Waals surface area contributed by atoms with E-state index in [1.807, 2.05) is 0 Å². The summed E-state index contributed by atoms with van der Waals surface area (Å²) in [6, 6.07) is 81.2. The third kappa shape index (κ3) is 4.35. The molecule has 0 fully saturated rings. The Morgan fingerprint density at radius 1 is 0.322 bits per heavy atom. The second-order valence-corrected chi connectivity index (χ2v) is 16.0. The Kier molecular flexibility index (Phi) is 6.68. The molecule has 0 atom stereocenters. The zero-order valence-corrected chi connectivity index (χ0v) is 32.2. The van der Waals surface area contributed by atoms with Gasteiger partial charge in [-0.05, 0) is 109 Å². The van der Waals surface area contributed by atoms with Crippen LogP contribution in [0.4, 0.5) is 17.1 Å². The summed E-state index contributed by atoms with van der Waals surface area (Å²) < 4.78 is 2.42. The third-order valence-corrected chi connectivity index (χ3v) is 13.2. The van der Waals surface area contributed by atoms with E-state index in [-0.39, 0.29) is 0 Å². The van der Waals surface area contributed by atoms with Gasteiger partial charge in [0.15, 0.2) is 0 Å². The SMILES string of the molecule is c1ccc(-n2c3ccccc3c3ccc(N(c4ccc5c(c4)C4(c6ccccc6-c6ccccc64)c4ccccc4-5)c4cc5ccccc5c5ccccc45)cc32)cc1. The second kappa shape index (κ2) is 12.2. The van der Waals surface area contributed by atoms with E-state index >= 15 is 0 Å². The lowest BCUT2D eigenvalue weighted by Crippen LogP contribution is -2.26. The summed E-state index contributed by atoms with van der Waals surface area (Å²) in [6.07, 6.45) is 0. The first-order chi connectivity index (χ1) is 29.3. The number of aromatic nitrogens is 1. The minimum absolute atomic E-state index is 0.448. The minimum Gasteiger partial charge on any atom is -0.310 e. The molecule has 1 spiro atoms. The summed E-state index contributed by atoms with van der Waals surface area (Å²) in [5, 5.41) is 7.41. The molecule has 274 valence electrons. The van der Waals surface area contributed by atoms with E-state index in [0.29, 0.717) is 0 Å². The van der Waals surface area contributed by atoms with Crippen LogP contribution in [0, 0.1) is 0 Å². The first-order valence-electron chi connectivity index (χ1n) is 20.5. The predicted octanol–water partition coefficient (Wildman–Crippen LogP) is 14.9. The number of anilines is 3. The van der Waals surface area contributed by atoms with Crippen LogP contribution in [0.5, 0.6) is 0 Å². The van der Waals surface area contributed by atoms with Gasteiger partial charge in [0.1, 0.15) is 0 Å². The van der Waals surface area contributed by atoms with Crippen molar-refractivity contribution >= 4 is 60.4 Å². The zero-order valence-electron chi connectivity index (χ0n) is 32.2. The molecular formula is C57H36N2. The number of fused-ring (bicyclic) bond motifs is 16. The van der Waals surface area contributed by atoms with Crippen molar-refractivity contribution in [2.75, 3.05) is 4.90 Å². The van der Waals surface area contributed by atoms with E-state index in [1.54, 1.807) is 0 Å². The van der Waals surface area contributed by atoms with Gasteiger partial charge in [-0.1, -0.05) is 170 Å². The molecule has 0 saturated heterocycles. The van der Waals surface area contributed by atoms with Gasteiger partial charge in [0.2, 0.25) is 0 Å². The second-order valence-electron chi connectivity index (χ2n) is 16.0. The highest BCUT2D eigenvalue weighted by molar-refractivity contribution is 6.16. The number of rotatable bonds is 4. The molecule has 2 nitrogen and oxygen atoms in total.